The van der Waals surface area contributed by atoms with Gasteiger partial charge in [-0.25, -0.2) is 13.1 Å². The topological polar surface area (TPSA) is 97.1 Å². The molecule has 0 aliphatic heterocycles. The minimum Gasteiger partial charge on any atom is -0.343 e. The molecule has 7 nitrogen and oxygen atoms in total. The number of hydrogen-bond donors (Lipinski definition) is 2. The third-order valence-electron chi connectivity index (χ3n) is 3.23. The van der Waals surface area contributed by atoms with E-state index in [-0.39, 0.29) is 11.4 Å². The van der Waals surface area contributed by atoms with E-state index in [2.05, 4.69) is 24.7 Å². The molecule has 2 N–H and O–H groups in total. The highest BCUT2D eigenvalue weighted by Gasteiger charge is 2.20. The Morgan fingerprint density at radius 1 is 1.19 bits per heavy atom. The van der Waals surface area contributed by atoms with Gasteiger partial charge >= 0.3 is 0 Å². The molecule has 1 aromatic carbocycles. The van der Waals surface area contributed by atoms with Crippen molar-refractivity contribution in [3.05, 3.63) is 42.0 Å². The Labute approximate surface area is 122 Å². The summed E-state index contributed by atoms with van der Waals surface area (Å²) < 4.78 is 31.2. The Balaban J connectivity index is 1.61. The van der Waals surface area contributed by atoms with Crippen molar-refractivity contribution in [3.8, 4) is 0 Å². The predicted molar refractivity (Wildman–Crippen MR) is 74.6 cm³/mol. The summed E-state index contributed by atoms with van der Waals surface area (Å²) in [5, 5.41) is 6.94. The molecule has 0 amide bonds. The molecular weight excluding hydrogens is 292 g/mol. The maximum atomic E-state index is 12.1. The molecule has 0 spiro atoms. The van der Waals surface area contributed by atoms with Crippen LogP contribution in [0.5, 0.6) is 0 Å². The van der Waals surface area contributed by atoms with Crippen molar-refractivity contribution in [2.75, 3.05) is 0 Å². The first kappa shape index (κ1) is 14.2. The highest BCUT2D eigenvalue weighted by Crippen LogP contribution is 2.19. The van der Waals surface area contributed by atoms with Crippen molar-refractivity contribution in [2.24, 2.45) is 0 Å². The van der Waals surface area contributed by atoms with Crippen LogP contribution >= 0.6 is 0 Å². The lowest BCUT2D eigenvalue weighted by Gasteiger charge is -2.07. The van der Waals surface area contributed by atoms with Gasteiger partial charge in [-0.3, -0.25) is 0 Å². The van der Waals surface area contributed by atoms with E-state index in [1.807, 2.05) is 12.1 Å². The molecule has 0 unspecified atom stereocenters. The van der Waals surface area contributed by atoms with Gasteiger partial charge in [-0.05, 0) is 30.5 Å². The Bertz CT molecular complexity index is 679. The van der Waals surface area contributed by atoms with Crippen molar-refractivity contribution in [3.63, 3.8) is 0 Å². The molecule has 21 heavy (non-hydrogen) atoms. The molecule has 2 aromatic rings. The summed E-state index contributed by atoms with van der Waals surface area (Å²) in [5.41, 5.74) is 1.07. The SMILES string of the molecule is O=S(=O)(NCc1ncon1)c1ccc(CNC2CC2)cc1. The van der Waals surface area contributed by atoms with Crippen LogP contribution in [0.15, 0.2) is 40.1 Å². The Morgan fingerprint density at radius 2 is 1.95 bits per heavy atom. The summed E-state index contributed by atoms with van der Waals surface area (Å²) in [6, 6.07) is 7.46. The summed E-state index contributed by atoms with van der Waals surface area (Å²) in [6.45, 7) is 0.769. The number of rotatable bonds is 7. The molecule has 1 aliphatic carbocycles. The minimum atomic E-state index is -3.56. The number of aromatic nitrogens is 2. The fourth-order valence-corrected chi connectivity index (χ4v) is 2.83. The van der Waals surface area contributed by atoms with Crippen LogP contribution in [-0.2, 0) is 23.1 Å². The summed E-state index contributed by atoms with van der Waals surface area (Å²) in [5.74, 6) is 0.295. The molecule has 112 valence electrons. The maximum absolute atomic E-state index is 12.1. The first-order valence-electron chi connectivity index (χ1n) is 6.71. The molecule has 1 fully saturated rings. The van der Waals surface area contributed by atoms with Gasteiger partial charge in [-0.2, -0.15) is 4.98 Å². The quantitative estimate of drug-likeness (QED) is 0.785. The van der Waals surface area contributed by atoms with Gasteiger partial charge in [0.25, 0.3) is 0 Å². The van der Waals surface area contributed by atoms with E-state index in [4.69, 9.17) is 0 Å². The van der Waals surface area contributed by atoms with E-state index < -0.39 is 10.0 Å². The number of nitrogens with zero attached hydrogens (tertiary/aromatic N) is 2. The van der Waals surface area contributed by atoms with E-state index in [0.717, 1.165) is 18.5 Å². The lowest BCUT2D eigenvalue weighted by molar-refractivity contribution is 0.409. The summed E-state index contributed by atoms with van der Waals surface area (Å²) in [6.07, 6.45) is 3.62. The monoisotopic (exact) mass is 308 g/mol. The van der Waals surface area contributed by atoms with E-state index >= 15 is 0 Å². The van der Waals surface area contributed by atoms with Gasteiger partial charge in [0.05, 0.1) is 11.4 Å². The van der Waals surface area contributed by atoms with Gasteiger partial charge < -0.3 is 9.84 Å². The number of benzene rings is 1. The smallest absolute Gasteiger partial charge is 0.240 e. The highest BCUT2D eigenvalue weighted by molar-refractivity contribution is 7.89. The third kappa shape index (κ3) is 3.87. The molecule has 1 aliphatic rings. The normalized spacial score (nSPS) is 15.2. The Kier molecular flexibility index (Phi) is 4.00. The molecule has 0 bridgehead atoms. The van der Waals surface area contributed by atoms with Crippen molar-refractivity contribution >= 4 is 10.0 Å². The standard InChI is InChI=1S/C13H16N4O3S/c18-21(19,16-8-13-15-9-20-17-13)12-5-1-10(2-6-12)7-14-11-3-4-11/h1-2,5-6,9,11,14,16H,3-4,7-8H2. The molecule has 1 saturated carbocycles. The van der Waals surface area contributed by atoms with Crippen LogP contribution < -0.4 is 10.0 Å². The largest absolute Gasteiger partial charge is 0.343 e. The summed E-state index contributed by atoms with van der Waals surface area (Å²) in [7, 11) is -3.56. The second-order valence-corrected chi connectivity index (χ2v) is 6.74. The lowest BCUT2D eigenvalue weighted by atomic mass is 10.2. The van der Waals surface area contributed by atoms with E-state index in [0.29, 0.717) is 11.9 Å². The average Bonchev–Trinajstić information content (AvgIpc) is 3.17. The van der Waals surface area contributed by atoms with Gasteiger partial charge in [0, 0.05) is 12.6 Å². The van der Waals surface area contributed by atoms with Crippen LogP contribution in [0, 0.1) is 0 Å². The lowest BCUT2D eigenvalue weighted by Crippen LogP contribution is -2.24. The zero-order valence-corrected chi connectivity index (χ0v) is 12.1. The summed E-state index contributed by atoms with van der Waals surface area (Å²) >= 11 is 0. The molecule has 1 aromatic heterocycles. The Hall–Kier alpha value is -1.77. The van der Waals surface area contributed by atoms with Gasteiger partial charge in [0.1, 0.15) is 0 Å². The van der Waals surface area contributed by atoms with E-state index in [1.54, 1.807) is 12.1 Å². The molecule has 3 rings (SSSR count). The zero-order valence-electron chi connectivity index (χ0n) is 11.3. The van der Waals surface area contributed by atoms with Crippen LogP contribution in [0.1, 0.15) is 24.2 Å². The maximum Gasteiger partial charge on any atom is 0.240 e. The molecule has 0 saturated heterocycles. The van der Waals surface area contributed by atoms with Crippen molar-refractivity contribution < 1.29 is 12.9 Å². The zero-order chi connectivity index (χ0) is 14.7. The number of nitrogens with one attached hydrogen (secondary N) is 2. The van der Waals surface area contributed by atoms with Gasteiger partial charge in [-0.15, -0.1) is 0 Å². The second-order valence-electron chi connectivity index (χ2n) is 4.97. The molecule has 1 heterocycles. The highest BCUT2D eigenvalue weighted by atomic mass is 32.2. The van der Waals surface area contributed by atoms with Crippen molar-refractivity contribution in [2.45, 2.75) is 36.9 Å². The summed E-state index contributed by atoms with van der Waals surface area (Å²) in [4.78, 5) is 3.98. The molecule has 8 heteroatoms. The van der Waals surface area contributed by atoms with Crippen LogP contribution in [-0.4, -0.2) is 24.6 Å². The van der Waals surface area contributed by atoms with Crippen LogP contribution in [0.2, 0.25) is 0 Å². The number of hydrogen-bond acceptors (Lipinski definition) is 6. The predicted octanol–water partition coefficient (Wildman–Crippen LogP) is 0.800. The minimum absolute atomic E-state index is 0.00379. The van der Waals surface area contributed by atoms with Gasteiger partial charge in [0.2, 0.25) is 16.4 Å². The first-order valence-corrected chi connectivity index (χ1v) is 8.19. The Morgan fingerprint density at radius 3 is 2.57 bits per heavy atom. The molecule has 0 radical (unpaired) electrons. The number of sulfonamides is 1. The third-order valence-corrected chi connectivity index (χ3v) is 4.65. The molecule has 0 atom stereocenters. The first-order chi connectivity index (χ1) is 10.1. The van der Waals surface area contributed by atoms with Crippen LogP contribution in [0.25, 0.3) is 0 Å². The fourth-order valence-electron chi connectivity index (χ4n) is 1.85. The van der Waals surface area contributed by atoms with Crippen LogP contribution in [0.3, 0.4) is 0 Å². The van der Waals surface area contributed by atoms with Gasteiger partial charge in [-0.1, -0.05) is 17.3 Å². The fraction of sp³-hybridized carbons (Fsp3) is 0.385. The van der Waals surface area contributed by atoms with Crippen LogP contribution in [0.4, 0.5) is 0 Å². The van der Waals surface area contributed by atoms with E-state index in [1.165, 1.54) is 12.8 Å². The second kappa shape index (κ2) is 5.92. The van der Waals surface area contributed by atoms with Gasteiger partial charge in [0.15, 0.2) is 5.82 Å². The average molecular weight is 308 g/mol. The van der Waals surface area contributed by atoms with Crippen molar-refractivity contribution in [1.29, 1.82) is 0 Å². The van der Waals surface area contributed by atoms with Crippen molar-refractivity contribution in [1.82, 2.24) is 20.2 Å². The van der Waals surface area contributed by atoms with E-state index in [9.17, 15) is 8.42 Å². The molecular formula is C13H16N4O3S.